The molecule has 0 aliphatic carbocycles. The van der Waals surface area contributed by atoms with Gasteiger partial charge in [0.05, 0.1) is 44.0 Å². The predicted molar refractivity (Wildman–Crippen MR) is 161 cm³/mol. The van der Waals surface area contributed by atoms with E-state index in [0.717, 1.165) is 4.57 Å². The van der Waals surface area contributed by atoms with Crippen molar-refractivity contribution in [3.05, 3.63) is 68.4 Å². The molecule has 1 amide bonds. The van der Waals surface area contributed by atoms with Gasteiger partial charge >= 0.3 is 5.69 Å². The molecule has 230 valence electrons. The number of amides is 1. The van der Waals surface area contributed by atoms with Gasteiger partial charge in [-0.1, -0.05) is 18.3 Å². The number of aliphatic hydroxyl groups excluding tert-OH is 1. The highest BCUT2D eigenvalue weighted by Crippen LogP contribution is 2.33. The van der Waals surface area contributed by atoms with Crippen molar-refractivity contribution in [2.24, 2.45) is 0 Å². The Morgan fingerprint density at radius 2 is 1.88 bits per heavy atom. The van der Waals surface area contributed by atoms with Crippen LogP contribution in [0.2, 0.25) is 0 Å². The van der Waals surface area contributed by atoms with Crippen molar-refractivity contribution in [1.82, 2.24) is 29.4 Å². The Morgan fingerprint density at radius 3 is 2.42 bits per heavy atom. The number of aliphatic hydroxyl groups is 1. The zero-order valence-electron chi connectivity index (χ0n) is 25.2. The number of ether oxygens (including phenoxy) is 1. The summed E-state index contributed by atoms with van der Waals surface area (Å²) in [6.45, 7) is 10.4. The molecule has 0 aliphatic heterocycles. The SMILES string of the molecule is COc1ccc(F)cc1C(C)Cn1c(=O)n(C(C)(C)C(=O)NC(C)C)c(=O)c2c(C)c(-n3nccn3)sc21.N#CCCO. The summed E-state index contributed by atoms with van der Waals surface area (Å²) in [7, 11) is 1.50. The zero-order chi connectivity index (χ0) is 32.1. The second-order valence-electron chi connectivity index (χ2n) is 10.7. The average Bonchev–Trinajstić information content (AvgIpc) is 3.59. The van der Waals surface area contributed by atoms with Gasteiger partial charge in [0.15, 0.2) is 0 Å². The number of benzene rings is 1. The number of nitrogens with one attached hydrogen (secondary N) is 1. The first-order chi connectivity index (χ1) is 20.3. The van der Waals surface area contributed by atoms with E-state index in [1.165, 1.54) is 58.4 Å². The molecule has 3 aromatic heterocycles. The summed E-state index contributed by atoms with van der Waals surface area (Å²) in [5.41, 5.74) is -1.55. The fourth-order valence-corrected chi connectivity index (χ4v) is 5.77. The smallest absolute Gasteiger partial charge is 0.333 e. The number of hydrogen-bond acceptors (Lipinski definition) is 9. The van der Waals surface area contributed by atoms with E-state index in [4.69, 9.17) is 15.1 Å². The fourth-order valence-electron chi connectivity index (χ4n) is 4.55. The molecule has 0 saturated heterocycles. The number of methoxy groups -OCH3 is 1. The number of carbonyl (C=O) groups is 1. The lowest BCUT2D eigenvalue weighted by molar-refractivity contribution is -0.129. The summed E-state index contributed by atoms with van der Waals surface area (Å²) in [6.07, 6.45) is 3.29. The minimum absolute atomic E-state index is 0.0174. The van der Waals surface area contributed by atoms with Gasteiger partial charge in [0.2, 0.25) is 5.91 Å². The molecule has 12 nitrogen and oxygen atoms in total. The zero-order valence-corrected chi connectivity index (χ0v) is 26.0. The van der Waals surface area contributed by atoms with Crippen molar-refractivity contribution >= 4 is 27.5 Å². The molecule has 0 saturated carbocycles. The molecule has 3 heterocycles. The fraction of sp³-hybridized carbons (Fsp3) is 0.448. The number of rotatable bonds is 9. The van der Waals surface area contributed by atoms with E-state index in [1.54, 1.807) is 40.7 Å². The number of aromatic nitrogens is 5. The number of hydrogen-bond donors (Lipinski definition) is 2. The number of aryl methyl sites for hydroxylation is 1. The quantitative estimate of drug-likeness (QED) is 0.291. The van der Waals surface area contributed by atoms with E-state index in [2.05, 4.69) is 15.5 Å². The van der Waals surface area contributed by atoms with Crippen LogP contribution in [0.4, 0.5) is 4.39 Å². The maximum Gasteiger partial charge on any atom is 0.333 e. The van der Waals surface area contributed by atoms with E-state index < -0.39 is 28.5 Å². The first-order valence-electron chi connectivity index (χ1n) is 13.6. The molecule has 4 rings (SSSR count). The Labute approximate surface area is 252 Å². The standard InChI is InChI=1S/C26H31FN6O4S.C3H5NO/c1-14(2)30-24(35)26(5,6)32-21(34)20-16(4)22(33-28-10-11-29-33)38-23(20)31(25(32)36)13-15(3)18-12-17(27)8-9-19(18)37-7;4-2-1-3-5/h8-12,14-15H,13H2,1-7H3,(H,30,35);5H,1,3H2. The van der Waals surface area contributed by atoms with Gasteiger partial charge in [-0.15, -0.1) is 4.80 Å². The van der Waals surface area contributed by atoms with E-state index in [1.807, 2.05) is 6.92 Å². The number of nitriles is 1. The number of carbonyl (C=O) groups excluding carboxylic acids is 1. The Hall–Kier alpha value is -4.35. The molecule has 1 atom stereocenters. The lowest BCUT2D eigenvalue weighted by atomic mass is 9.99. The molecule has 1 aromatic carbocycles. The van der Waals surface area contributed by atoms with Crippen LogP contribution in [0.15, 0.2) is 40.2 Å². The third-order valence-electron chi connectivity index (χ3n) is 6.72. The topological polar surface area (TPSA) is 157 Å². The van der Waals surface area contributed by atoms with Crippen LogP contribution in [-0.4, -0.2) is 54.9 Å². The predicted octanol–water partition coefficient (Wildman–Crippen LogP) is 3.22. The number of fused-ring (bicyclic) bond motifs is 1. The highest BCUT2D eigenvalue weighted by molar-refractivity contribution is 7.21. The van der Waals surface area contributed by atoms with Crippen LogP contribution in [0.1, 0.15) is 58.1 Å². The Morgan fingerprint density at radius 1 is 1.23 bits per heavy atom. The van der Waals surface area contributed by atoms with Crippen molar-refractivity contribution in [1.29, 1.82) is 5.26 Å². The lowest BCUT2D eigenvalue weighted by Crippen LogP contribution is -2.56. The molecule has 2 N–H and O–H groups in total. The molecule has 4 aromatic rings. The molecule has 0 aliphatic rings. The number of halogens is 1. The summed E-state index contributed by atoms with van der Waals surface area (Å²) < 4.78 is 22.1. The van der Waals surface area contributed by atoms with Crippen LogP contribution < -0.4 is 21.3 Å². The van der Waals surface area contributed by atoms with Gasteiger partial charge in [0.1, 0.15) is 26.9 Å². The van der Waals surface area contributed by atoms with Crippen LogP contribution in [0, 0.1) is 24.1 Å². The second-order valence-corrected chi connectivity index (χ2v) is 11.6. The van der Waals surface area contributed by atoms with Crippen molar-refractivity contribution in [3.63, 3.8) is 0 Å². The van der Waals surface area contributed by atoms with E-state index in [0.29, 0.717) is 32.1 Å². The van der Waals surface area contributed by atoms with Gasteiger partial charge in [-0.2, -0.15) is 15.5 Å². The van der Waals surface area contributed by atoms with Gasteiger partial charge in [-0.25, -0.2) is 13.8 Å². The highest BCUT2D eigenvalue weighted by atomic mass is 32.1. The summed E-state index contributed by atoms with van der Waals surface area (Å²) in [5.74, 6) is -0.786. The minimum Gasteiger partial charge on any atom is -0.496 e. The maximum atomic E-state index is 14.2. The second kappa shape index (κ2) is 13.7. The Bertz CT molecular complexity index is 1750. The van der Waals surface area contributed by atoms with Gasteiger partial charge in [0.25, 0.3) is 5.56 Å². The first-order valence-corrected chi connectivity index (χ1v) is 14.4. The third kappa shape index (κ3) is 6.84. The third-order valence-corrected chi connectivity index (χ3v) is 8.01. The van der Waals surface area contributed by atoms with Crippen molar-refractivity contribution in [2.45, 2.75) is 72.0 Å². The van der Waals surface area contributed by atoms with Crippen LogP contribution in [0.5, 0.6) is 5.75 Å². The highest BCUT2D eigenvalue weighted by Gasteiger charge is 2.36. The number of nitrogens with zero attached hydrogens (tertiary/aromatic N) is 6. The van der Waals surface area contributed by atoms with Crippen LogP contribution in [0.25, 0.3) is 15.2 Å². The molecule has 14 heteroatoms. The summed E-state index contributed by atoms with van der Waals surface area (Å²) in [6, 6.07) is 5.80. The van der Waals surface area contributed by atoms with Gasteiger partial charge < -0.3 is 15.2 Å². The Kier molecular flexibility index (Phi) is 10.6. The van der Waals surface area contributed by atoms with Crippen LogP contribution in [0.3, 0.4) is 0 Å². The van der Waals surface area contributed by atoms with Gasteiger partial charge in [-0.05, 0) is 52.8 Å². The largest absolute Gasteiger partial charge is 0.496 e. The number of thiophene rings is 1. The monoisotopic (exact) mass is 613 g/mol. The molecular formula is C29H36FN7O5S. The van der Waals surface area contributed by atoms with E-state index in [9.17, 15) is 18.8 Å². The Balaban J connectivity index is 0.000000934. The normalized spacial score (nSPS) is 12.0. The molecule has 1 unspecified atom stereocenters. The van der Waals surface area contributed by atoms with Crippen LogP contribution in [-0.2, 0) is 16.9 Å². The molecule has 0 spiro atoms. The van der Waals surface area contributed by atoms with Crippen LogP contribution >= 0.6 is 11.3 Å². The summed E-state index contributed by atoms with van der Waals surface area (Å²) in [4.78, 5) is 42.9. The van der Waals surface area contributed by atoms with E-state index >= 15 is 0 Å². The molecule has 0 bridgehead atoms. The van der Waals surface area contributed by atoms with Crippen molar-refractivity contribution in [2.75, 3.05) is 13.7 Å². The van der Waals surface area contributed by atoms with Crippen molar-refractivity contribution < 1.29 is 19.0 Å². The average molecular weight is 614 g/mol. The van der Waals surface area contributed by atoms with Gasteiger partial charge in [-0.3, -0.25) is 14.2 Å². The van der Waals surface area contributed by atoms with Crippen molar-refractivity contribution in [3.8, 4) is 16.8 Å². The first kappa shape index (κ1) is 33.2. The molecule has 0 fully saturated rings. The summed E-state index contributed by atoms with van der Waals surface area (Å²) >= 11 is 1.21. The maximum absolute atomic E-state index is 14.2. The van der Waals surface area contributed by atoms with E-state index in [-0.39, 0.29) is 31.5 Å². The molecule has 0 radical (unpaired) electrons. The minimum atomic E-state index is -1.49. The summed E-state index contributed by atoms with van der Waals surface area (Å²) in [5, 5.41) is 27.6. The molecular weight excluding hydrogens is 577 g/mol. The molecule has 43 heavy (non-hydrogen) atoms. The van der Waals surface area contributed by atoms with Gasteiger partial charge in [0, 0.05) is 29.6 Å². The lowest BCUT2D eigenvalue weighted by Gasteiger charge is -2.28.